The van der Waals surface area contributed by atoms with Crippen LogP contribution in [-0.4, -0.2) is 16.6 Å². The van der Waals surface area contributed by atoms with Gasteiger partial charge in [0.1, 0.15) is 5.82 Å². The van der Waals surface area contributed by atoms with Crippen molar-refractivity contribution in [2.75, 3.05) is 11.4 Å². The van der Waals surface area contributed by atoms with Gasteiger partial charge < -0.3 is 10.0 Å². The van der Waals surface area contributed by atoms with Crippen LogP contribution < -0.4 is 4.90 Å². The molecule has 1 aromatic carbocycles. The van der Waals surface area contributed by atoms with Gasteiger partial charge in [-0.15, -0.1) is 0 Å². The minimum atomic E-state index is -0.471. The second-order valence-corrected chi connectivity index (χ2v) is 4.20. The molecule has 0 saturated heterocycles. The fraction of sp³-hybridized carbons (Fsp3) is 0.267. The SMILES string of the molecule is CCN(c1ccccc1)c1cc([C@@H](C)O)ccn1. The Balaban J connectivity index is 2.36. The summed E-state index contributed by atoms with van der Waals surface area (Å²) < 4.78 is 0. The summed E-state index contributed by atoms with van der Waals surface area (Å²) in [5.74, 6) is 0.863. The predicted molar refractivity (Wildman–Crippen MR) is 74.0 cm³/mol. The third-order valence-electron chi connectivity index (χ3n) is 2.91. The van der Waals surface area contributed by atoms with Crippen LogP contribution in [0.15, 0.2) is 48.7 Å². The number of aliphatic hydroxyl groups excluding tert-OH is 1. The molecule has 0 amide bonds. The van der Waals surface area contributed by atoms with Gasteiger partial charge >= 0.3 is 0 Å². The van der Waals surface area contributed by atoms with Gasteiger partial charge in [0.15, 0.2) is 0 Å². The van der Waals surface area contributed by atoms with E-state index in [1.165, 1.54) is 0 Å². The zero-order valence-electron chi connectivity index (χ0n) is 10.7. The normalized spacial score (nSPS) is 12.2. The number of benzene rings is 1. The van der Waals surface area contributed by atoms with Crippen molar-refractivity contribution in [3.05, 3.63) is 54.2 Å². The van der Waals surface area contributed by atoms with Crippen molar-refractivity contribution in [1.82, 2.24) is 4.98 Å². The van der Waals surface area contributed by atoms with Crippen LogP contribution in [0.25, 0.3) is 0 Å². The summed E-state index contributed by atoms with van der Waals surface area (Å²) in [6, 6.07) is 13.9. The van der Waals surface area contributed by atoms with Gasteiger partial charge in [0.05, 0.1) is 6.10 Å². The van der Waals surface area contributed by atoms with Crippen LogP contribution in [-0.2, 0) is 0 Å². The number of anilines is 2. The number of nitrogens with zero attached hydrogens (tertiary/aromatic N) is 2. The zero-order valence-corrected chi connectivity index (χ0v) is 10.7. The first kappa shape index (κ1) is 12.6. The maximum absolute atomic E-state index is 9.63. The molecule has 0 saturated carbocycles. The number of aliphatic hydroxyl groups is 1. The summed E-state index contributed by atoms with van der Waals surface area (Å²) in [6.45, 7) is 4.68. The van der Waals surface area contributed by atoms with Gasteiger partial charge in [-0.2, -0.15) is 0 Å². The Labute approximate surface area is 108 Å². The smallest absolute Gasteiger partial charge is 0.133 e. The molecule has 1 aromatic heterocycles. The zero-order chi connectivity index (χ0) is 13.0. The highest BCUT2D eigenvalue weighted by Gasteiger charge is 2.10. The fourth-order valence-corrected chi connectivity index (χ4v) is 1.93. The molecule has 0 radical (unpaired) electrons. The van der Waals surface area contributed by atoms with Crippen LogP contribution >= 0.6 is 0 Å². The highest BCUT2D eigenvalue weighted by molar-refractivity contribution is 5.60. The van der Waals surface area contributed by atoms with Gasteiger partial charge in [0.2, 0.25) is 0 Å². The highest BCUT2D eigenvalue weighted by atomic mass is 16.3. The molecular formula is C15H18N2O. The molecule has 0 fully saturated rings. The third-order valence-corrected chi connectivity index (χ3v) is 2.91. The van der Waals surface area contributed by atoms with Crippen molar-refractivity contribution < 1.29 is 5.11 Å². The molecule has 2 rings (SSSR count). The Morgan fingerprint density at radius 3 is 2.56 bits per heavy atom. The van der Waals surface area contributed by atoms with Crippen molar-refractivity contribution in [3.8, 4) is 0 Å². The molecular weight excluding hydrogens is 224 g/mol. The lowest BCUT2D eigenvalue weighted by Crippen LogP contribution is -2.17. The van der Waals surface area contributed by atoms with E-state index in [-0.39, 0.29) is 0 Å². The quantitative estimate of drug-likeness (QED) is 0.893. The lowest BCUT2D eigenvalue weighted by Gasteiger charge is -2.22. The van der Waals surface area contributed by atoms with Gasteiger partial charge in [-0.1, -0.05) is 18.2 Å². The van der Waals surface area contributed by atoms with E-state index in [4.69, 9.17) is 0 Å². The largest absolute Gasteiger partial charge is 0.389 e. The first-order chi connectivity index (χ1) is 8.72. The average Bonchev–Trinajstić information content (AvgIpc) is 2.41. The predicted octanol–water partition coefficient (Wildman–Crippen LogP) is 3.29. The number of aromatic nitrogens is 1. The molecule has 0 spiro atoms. The van der Waals surface area contributed by atoms with Gasteiger partial charge in [-0.25, -0.2) is 4.98 Å². The number of para-hydroxylation sites is 1. The van der Waals surface area contributed by atoms with Crippen LogP contribution in [0.1, 0.15) is 25.5 Å². The van der Waals surface area contributed by atoms with Crippen LogP contribution in [0.4, 0.5) is 11.5 Å². The van der Waals surface area contributed by atoms with E-state index in [1.54, 1.807) is 13.1 Å². The van der Waals surface area contributed by atoms with E-state index in [9.17, 15) is 5.11 Å². The Morgan fingerprint density at radius 2 is 1.94 bits per heavy atom. The summed E-state index contributed by atoms with van der Waals surface area (Å²) in [5.41, 5.74) is 1.99. The second-order valence-electron chi connectivity index (χ2n) is 4.20. The Bertz CT molecular complexity index is 497. The minimum Gasteiger partial charge on any atom is -0.389 e. The van der Waals surface area contributed by atoms with E-state index in [2.05, 4.69) is 28.9 Å². The second kappa shape index (κ2) is 5.65. The summed E-state index contributed by atoms with van der Waals surface area (Å²) in [7, 11) is 0. The Morgan fingerprint density at radius 1 is 1.22 bits per heavy atom. The molecule has 1 atom stereocenters. The van der Waals surface area contributed by atoms with Crippen molar-refractivity contribution in [1.29, 1.82) is 0 Å². The van der Waals surface area contributed by atoms with Gasteiger partial charge in [0, 0.05) is 18.4 Å². The van der Waals surface area contributed by atoms with Crippen LogP contribution in [0.3, 0.4) is 0 Å². The molecule has 1 heterocycles. The van der Waals surface area contributed by atoms with Gasteiger partial charge in [-0.05, 0) is 43.7 Å². The van der Waals surface area contributed by atoms with E-state index < -0.39 is 6.10 Å². The highest BCUT2D eigenvalue weighted by Crippen LogP contribution is 2.25. The molecule has 0 aliphatic rings. The molecule has 0 aliphatic heterocycles. The summed E-state index contributed by atoms with van der Waals surface area (Å²) in [5, 5.41) is 9.63. The fourth-order valence-electron chi connectivity index (χ4n) is 1.93. The van der Waals surface area contributed by atoms with Crippen molar-refractivity contribution in [2.45, 2.75) is 20.0 Å². The van der Waals surface area contributed by atoms with E-state index in [0.717, 1.165) is 23.6 Å². The molecule has 0 unspecified atom stereocenters. The Kier molecular flexibility index (Phi) is 3.95. The van der Waals surface area contributed by atoms with E-state index >= 15 is 0 Å². The number of hydrogen-bond acceptors (Lipinski definition) is 3. The standard InChI is InChI=1S/C15H18N2O/c1-3-17(14-7-5-4-6-8-14)15-11-13(12(2)18)9-10-16-15/h4-12,18H,3H2,1-2H3/t12-/m1/s1. The van der Waals surface area contributed by atoms with Gasteiger partial charge in [0.25, 0.3) is 0 Å². The lowest BCUT2D eigenvalue weighted by atomic mass is 10.1. The summed E-state index contributed by atoms with van der Waals surface area (Å²) in [4.78, 5) is 6.50. The molecule has 94 valence electrons. The van der Waals surface area contributed by atoms with Crippen LogP contribution in [0, 0.1) is 0 Å². The summed E-state index contributed by atoms with van der Waals surface area (Å²) >= 11 is 0. The lowest BCUT2D eigenvalue weighted by molar-refractivity contribution is 0.199. The molecule has 18 heavy (non-hydrogen) atoms. The molecule has 0 aliphatic carbocycles. The molecule has 3 heteroatoms. The topological polar surface area (TPSA) is 36.4 Å². The number of pyridine rings is 1. The molecule has 3 nitrogen and oxygen atoms in total. The van der Waals surface area contributed by atoms with Crippen LogP contribution in [0.5, 0.6) is 0 Å². The van der Waals surface area contributed by atoms with Crippen molar-refractivity contribution in [2.24, 2.45) is 0 Å². The maximum Gasteiger partial charge on any atom is 0.133 e. The molecule has 0 bridgehead atoms. The third kappa shape index (κ3) is 2.68. The molecule has 1 N–H and O–H groups in total. The average molecular weight is 242 g/mol. The van der Waals surface area contributed by atoms with Gasteiger partial charge in [-0.3, -0.25) is 0 Å². The van der Waals surface area contributed by atoms with Crippen molar-refractivity contribution >= 4 is 11.5 Å². The van der Waals surface area contributed by atoms with Crippen LogP contribution in [0.2, 0.25) is 0 Å². The first-order valence-electron chi connectivity index (χ1n) is 6.19. The minimum absolute atomic E-state index is 0.471. The number of rotatable bonds is 4. The molecule has 2 aromatic rings. The van der Waals surface area contributed by atoms with E-state index in [0.29, 0.717) is 0 Å². The first-order valence-corrected chi connectivity index (χ1v) is 6.19. The number of hydrogen-bond donors (Lipinski definition) is 1. The Hall–Kier alpha value is -1.87. The summed E-state index contributed by atoms with van der Waals surface area (Å²) in [6.07, 6.45) is 1.27. The van der Waals surface area contributed by atoms with Crippen molar-refractivity contribution in [3.63, 3.8) is 0 Å². The maximum atomic E-state index is 9.63. The van der Waals surface area contributed by atoms with E-state index in [1.807, 2.05) is 30.3 Å². The monoisotopic (exact) mass is 242 g/mol.